The summed E-state index contributed by atoms with van der Waals surface area (Å²) in [6, 6.07) is 7.78. The number of aromatic amines is 2. The fourth-order valence-electron chi connectivity index (χ4n) is 5.76. The van der Waals surface area contributed by atoms with Gasteiger partial charge in [-0.15, -0.1) is 6.58 Å². The van der Waals surface area contributed by atoms with E-state index in [2.05, 4.69) is 29.7 Å². The number of carbonyl (C=O) groups is 2. The number of carbonyl (C=O) groups excluding carboxylic acids is 2. The van der Waals surface area contributed by atoms with Crippen LogP contribution in [0.1, 0.15) is 98.4 Å². The van der Waals surface area contributed by atoms with Gasteiger partial charge < -0.3 is 29.8 Å². The zero-order chi connectivity index (χ0) is 33.9. The number of aliphatic carboxylic acids is 2. The van der Waals surface area contributed by atoms with E-state index in [0.717, 1.165) is 66.6 Å². The van der Waals surface area contributed by atoms with Gasteiger partial charge in [0, 0.05) is 45.1 Å². The molecule has 0 unspecified atom stereocenters. The Labute approximate surface area is 286 Å². The Bertz CT molecular complexity index is 2020. The first-order valence-electron chi connectivity index (χ1n) is 15.2. The summed E-state index contributed by atoms with van der Waals surface area (Å²) in [5, 5.41) is 22.8. The van der Waals surface area contributed by atoms with Gasteiger partial charge in [-0.3, -0.25) is 0 Å². The van der Waals surface area contributed by atoms with Gasteiger partial charge in [0.25, 0.3) is 0 Å². The Morgan fingerprint density at radius 1 is 0.681 bits per heavy atom. The molecule has 0 saturated heterocycles. The molecule has 5 heterocycles. The molecule has 8 bridgehead atoms. The first-order valence-corrected chi connectivity index (χ1v) is 15.2. The average Bonchev–Trinajstić information content (AvgIpc) is 3.63. The molecule has 0 fully saturated rings. The Hall–Kier alpha value is -4.73. The van der Waals surface area contributed by atoms with Gasteiger partial charge in [0.1, 0.15) is 0 Å². The number of hydrogen-bond acceptors (Lipinski definition) is 6. The number of aryl methyl sites for hydroxylation is 2. The number of rotatable bonds is 8. The van der Waals surface area contributed by atoms with Crippen LogP contribution in [0.5, 0.6) is 0 Å². The molecule has 5 rings (SSSR count). The van der Waals surface area contributed by atoms with Crippen molar-refractivity contribution in [3.8, 4) is 0 Å². The largest absolute Gasteiger partial charge is 2.00 e. The number of nitrogens with one attached hydrogen (secondary N) is 2. The number of allylic oxidation sites excluding steroid dienone is 5. The number of H-pyrrole nitrogens is 2. The first-order chi connectivity index (χ1) is 21.7. The third-order valence-electron chi connectivity index (χ3n) is 8.20. The number of hydrogen-bond donors (Lipinski definition) is 2. The topological polar surface area (TPSA) is 138 Å². The van der Waals surface area contributed by atoms with Crippen LogP contribution in [0.15, 0.2) is 49.6 Å². The Morgan fingerprint density at radius 3 is 1.43 bits per heavy atom. The second-order valence-electron chi connectivity index (χ2n) is 11.9. The molecule has 0 aromatic carbocycles. The van der Waals surface area contributed by atoms with Crippen LogP contribution >= 0.6 is 0 Å². The molecule has 9 heteroatoms. The minimum absolute atomic E-state index is 0. The fraction of sp³-hybridized carbons (Fsp3) is 0.263. The van der Waals surface area contributed by atoms with E-state index in [1.54, 1.807) is 6.08 Å². The summed E-state index contributed by atoms with van der Waals surface area (Å²) in [5.74, 6) is -2.29. The molecule has 0 saturated carbocycles. The molecule has 2 aliphatic heterocycles. The summed E-state index contributed by atoms with van der Waals surface area (Å²) in [7, 11) is 0. The maximum absolute atomic E-state index is 11.4. The van der Waals surface area contributed by atoms with Crippen LogP contribution in [0, 0.1) is 13.8 Å². The molecule has 3 aromatic heterocycles. The van der Waals surface area contributed by atoms with Crippen LogP contribution in [0.25, 0.3) is 56.5 Å². The molecule has 0 spiro atoms. The van der Waals surface area contributed by atoms with Gasteiger partial charge in [0.2, 0.25) is 0 Å². The summed E-state index contributed by atoms with van der Waals surface area (Å²) in [6.45, 7) is 23.5. The van der Waals surface area contributed by atoms with Crippen LogP contribution in [0.2, 0.25) is 0 Å². The number of carboxylic acid groups (broad SMARTS) is 2. The zero-order valence-corrected chi connectivity index (χ0v) is 28.8. The Balaban J connectivity index is 0.00000114. The van der Waals surface area contributed by atoms with Crippen molar-refractivity contribution in [1.29, 1.82) is 0 Å². The smallest absolute Gasteiger partial charge is 0.550 e. The molecule has 8 nitrogen and oxygen atoms in total. The van der Waals surface area contributed by atoms with Crippen molar-refractivity contribution in [3.05, 3.63) is 94.6 Å². The van der Waals surface area contributed by atoms with Crippen molar-refractivity contribution in [3.63, 3.8) is 0 Å². The van der Waals surface area contributed by atoms with Crippen molar-refractivity contribution in [2.75, 3.05) is 0 Å². The summed E-state index contributed by atoms with van der Waals surface area (Å²) in [5.41, 5.74) is 14.4. The van der Waals surface area contributed by atoms with E-state index in [9.17, 15) is 19.8 Å². The number of aromatic nitrogens is 4. The van der Waals surface area contributed by atoms with Crippen LogP contribution in [-0.2, 0) is 26.4 Å². The van der Waals surface area contributed by atoms with Gasteiger partial charge in [-0.1, -0.05) is 30.9 Å². The van der Waals surface area contributed by atoms with Gasteiger partial charge in [0.15, 0.2) is 0 Å². The summed E-state index contributed by atoms with van der Waals surface area (Å²) >= 11 is 0. The van der Waals surface area contributed by atoms with E-state index >= 15 is 0 Å². The van der Waals surface area contributed by atoms with E-state index < -0.39 is 11.9 Å². The van der Waals surface area contributed by atoms with Crippen molar-refractivity contribution >= 4 is 68.4 Å². The van der Waals surface area contributed by atoms with Crippen molar-refractivity contribution in [1.82, 2.24) is 19.9 Å². The third kappa shape index (κ3) is 7.98. The number of fused-ring (bicyclic) bond motifs is 8. The predicted molar refractivity (Wildman–Crippen MR) is 185 cm³/mol. The minimum atomic E-state index is -1.15. The molecule has 2 aliphatic rings. The molecule has 3 aromatic rings. The maximum Gasteiger partial charge on any atom is 2.00 e. The molecule has 0 amide bonds. The number of carboxylic acids is 2. The predicted octanol–water partition coefficient (Wildman–Crippen LogP) is 6.72. The molecular formula is C38H40CoN4O4. The second-order valence-corrected chi connectivity index (χ2v) is 11.9. The molecule has 0 atom stereocenters. The van der Waals surface area contributed by atoms with Crippen LogP contribution < -0.4 is 10.2 Å². The van der Waals surface area contributed by atoms with Crippen LogP contribution in [-0.4, -0.2) is 31.9 Å². The van der Waals surface area contributed by atoms with E-state index in [4.69, 9.17) is 9.97 Å². The summed E-state index contributed by atoms with van der Waals surface area (Å²) in [4.78, 5) is 39.7. The summed E-state index contributed by atoms with van der Waals surface area (Å²) in [6.07, 6.45) is 3.79. The van der Waals surface area contributed by atoms with E-state index in [1.165, 1.54) is 5.57 Å². The Morgan fingerprint density at radius 2 is 1.04 bits per heavy atom. The van der Waals surface area contributed by atoms with Crippen molar-refractivity contribution in [2.45, 2.75) is 67.2 Å². The third-order valence-corrected chi connectivity index (χ3v) is 8.20. The SMILES string of the molecule is C=C(C)C.C=Cc1c(C)c2cc3[nH]c(cc4nc(cc5nc(cc1[nH]2)C(C)=C5CCC(=O)[O-])C(CCC(=O)[O-])=C4C)c(C)c3C=C.[Co+2]. The monoisotopic (exact) mass is 675 g/mol. The fourth-order valence-corrected chi connectivity index (χ4v) is 5.76. The average molecular weight is 676 g/mol. The maximum atomic E-state index is 11.4. The molecule has 1 radical (unpaired) electrons. The van der Waals surface area contributed by atoms with Crippen molar-refractivity contribution in [2.24, 2.45) is 0 Å². The molecular weight excluding hydrogens is 635 g/mol. The first kappa shape index (κ1) is 36.7. The number of nitrogens with zero attached hydrogens (tertiary/aromatic N) is 2. The normalized spacial score (nSPS) is 12.2. The standard InChI is InChI=1S/C34H34N4O4.C4H8.Co/c1-7-21-17(3)25-13-26-19(5)23(9-11-33(39)40)31(37-26)16-32-24(10-12-34(41)42)20(6)28(38-32)15-30-22(8-2)18(4)27(36-30)14-29(21)35-25;1-4(2)3;/h7-8,13-16,35-36H,1-2,9-12H2,3-6H3,(H,39,40)(H,41,42);1H2,2-3H3;/q;;+2/p-2. The Kier molecular flexibility index (Phi) is 11.9. The zero-order valence-electron chi connectivity index (χ0n) is 27.8. The molecule has 0 aliphatic carbocycles. The van der Waals surface area contributed by atoms with Gasteiger partial charge in [-0.05, 0) is 125 Å². The minimum Gasteiger partial charge on any atom is -0.550 e. The molecule has 245 valence electrons. The van der Waals surface area contributed by atoms with E-state index in [-0.39, 0.29) is 42.5 Å². The van der Waals surface area contributed by atoms with Crippen molar-refractivity contribution < 1.29 is 36.6 Å². The van der Waals surface area contributed by atoms with E-state index in [1.807, 2.05) is 71.9 Å². The summed E-state index contributed by atoms with van der Waals surface area (Å²) < 4.78 is 0. The van der Waals surface area contributed by atoms with Gasteiger partial charge in [0.05, 0.1) is 22.8 Å². The van der Waals surface area contributed by atoms with Crippen LogP contribution in [0.4, 0.5) is 0 Å². The van der Waals surface area contributed by atoms with E-state index in [0.29, 0.717) is 22.8 Å². The molecule has 2 N–H and O–H groups in total. The van der Waals surface area contributed by atoms with Gasteiger partial charge in [-0.2, -0.15) is 0 Å². The molecule has 47 heavy (non-hydrogen) atoms. The van der Waals surface area contributed by atoms with Crippen LogP contribution in [0.3, 0.4) is 0 Å². The van der Waals surface area contributed by atoms with Gasteiger partial charge in [-0.25, -0.2) is 9.97 Å². The second kappa shape index (κ2) is 15.2. The quantitative estimate of drug-likeness (QED) is 0.255. The van der Waals surface area contributed by atoms with Gasteiger partial charge >= 0.3 is 16.8 Å².